The Kier molecular flexibility index (Phi) is 3.27. The quantitative estimate of drug-likeness (QED) is 0.835. The fraction of sp³-hybridized carbons (Fsp3) is 0.417. The van der Waals surface area contributed by atoms with E-state index in [0.717, 1.165) is 29.2 Å². The molecule has 2 rings (SSSR count). The van der Waals surface area contributed by atoms with E-state index in [2.05, 4.69) is 22.0 Å². The Morgan fingerprint density at radius 1 is 1.40 bits per heavy atom. The summed E-state index contributed by atoms with van der Waals surface area (Å²) < 4.78 is 6.49. The minimum atomic E-state index is 0.630. The van der Waals surface area contributed by atoms with Gasteiger partial charge in [0, 0.05) is 4.47 Å². The van der Waals surface area contributed by atoms with Crippen LogP contribution in [0.15, 0.2) is 22.7 Å². The Hall–Kier alpha value is -1.01. The monoisotopic (exact) mass is 265 g/mol. The first-order valence-electron chi connectivity index (χ1n) is 5.11. The minimum Gasteiger partial charge on any atom is -0.494 e. The van der Waals surface area contributed by atoms with E-state index in [1.807, 2.05) is 6.07 Å². The molecule has 0 amide bonds. The summed E-state index contributed by atoms with van der Waals surface area (Å²) in [4.78, 5) is 0. The van der Waals surface area contributed by atoms with Crippen molar-refractivity contribution in [2.75, 3.05) is 6.61 Å². The average Bonchev–Trinajstić information content (AvgIpc) is 3.01. The van der Waals surface area contributed by atoms with Crippen LogP contribution in [0.5, 0.6) is 5.75 Å². The third-order valence-electron chi connectivity index (χ3n) is 2.49. The van der Waals surface area contributed by atoms with Crippen molar-refractivity contribution in [1.29, 1.82) is 5.26 Å². The fourth-order valence-corrected chi connectivity index (χ4v) is 1.93. The van der Waals surface area contributed by atoms with E-state index < -0.39 is 0 Å². The molecule has 1 aliphatic carbocycles. The lowest BCUT2D eigenvalue weighted by Crippen LogP contribution is -1.98. The third-order valence-corrected chi connectivity index (χ3v) is 2.95. The highest BCUT2D eigenvalue weighted by Gasteiger charge is 2.20. The molecule has 0 aliphatic heterocycles. The van der Waals surface area contributed by atoms with E-state index in [1.165, 1.54) is 12.8 Å². The Bertz CT molecular complexity index is 393. The number of hydrogen-bond donors (Lipinski definition) is 0. The van der Waals surface area contributed by atoms with Crippen molar-refractivity contribution in [2.45, 2.75) is 19.3 Å². The molecule has 1 fully saturated rings. The van der Waals surface area contributed by atoms with Gasteiger partial charge in [-0.15, -0.1) is 0 Å². The normalized spacial score (nSPS) is 14.7. The maximum atomic E-state index is 8.78. The smallest absolute Gasteiger partial charge is 0.121 e. The Morgan fingerprint density at radius 3 is 2.87 bits per heavy atom. The van der Waals surface area contributed by atoms with Crippen LogP contribution in [0, 0.1) is 17.2 Å². The molecule has 1 saturated carbocycles. The molecule has 15 heavy (non-hydrogen) atoms. The number of nitriles is 1. The second kappa shape index (κ2) is 4.67. The first kappa shape index (κ1) is 10.5. The summed E-state index contributed by atoms with van der Waals surface area (Å²) in [5, 5.41) is 8.78. The van der Waals surface area contributed by atoms with E-state index in [-0.39, 0.29) is 0 Å². The van der Waals surface area contributed by atoms with Gasteiger partial charge in [-0.2, -0.15) is 5.26 Å². The molecule has 1 aromatic carbocycles. The van der Waals surface area contributed by atoms with Gasteiger partial charge < -0.3 is 4.74 Å². The molecule has 0 heterocycles. The second-order valence-corrected chi connectivity index (χ2v) is 4.78. The van der Waals surface area contributed by atoms with Crippen molar-refractivity contribution in [2.24, 2.45) is 5.92 Å². The predicted octanol–water partition coefficient (Wildman–Crippen LogP) is 3.50. The highest BCUT2D eigenvalue weighted by atomic mass is 79.9. The number of halogens is 1. The molecular formula is C12H12BrNO. The Labute approximate surface area is 98.0 Å². The molecule has 3 heteroatoms. The number of hydrogen-bond acceptors (Lipinski definition) is 2. The first-order valence-corrected chi connectivity index (χ1v) is 5.91. The van der Waals surface area contributed by atoms with Crippen LogP contribution in [-0.2, 0) is 0 Å². The van der Waals surface area contributed by atoms with E-state index in [0.29, 0.717) is 5.56 Å². The molecule has 78 valence electrons. The van der Waals surface area contributed by atoms with Crippen LogP contribution in [0.1, 0.15) is 24.8 Å². The van der Waals surface area contributed by atoms with Crippen LogP contribution < -0.4 is 4.74 Å². The summed E-state index contributed by atoms with van der Waals surface area (Å²) in [5.41, 5.74) is 0.630. The van der Waals surface area contributed by atoms with Crippen LogP contribution in [-0.4, -0.2) is 6.61 Å². The zero-order valence-electron chi connectivity index (χ0n) is 8.37. The van der Waals surface area contributed by atoms with Crippen LogP contribution in [0.3, 0.4) is 0 Å². The van der Waals surface area contributed by atoms with Crippen molar-refractivity contribution in [3.63, 3.8) is 0 Å². The standard InChI is InChI=1S/C12H12BrNO/c13-11-5-10(8-14)6-12(7-11)15-4-3-9-1-2-9/h5-7,9H,1-4H2. The van der Waals surface area contributed by atoms with Crippen molar-refractivity contribution in [1.82, 2.24) is 0 Å². The SMILES string of the molecule is N#Cc1cc(Br)cc(OCCC2CC2)c1. The lowest BCUT2D eigenvalue weighted by atomic mass is 10.2. The molecule has 2 nitrogen and oxygen atoms in total. The van der Waals surface area contributed by atoms with Gasteiger partial charge in [0.25, 0.3) is 0 Å². The van der Waals surface area contributed by atoms with E-state index in [1.54, 1.807) is 12.1 Å². The number of ether oxygens (including phenoxy) is 1. The molecule has 0 radical (unpaired) electrons. The molecular weight excluding hydrogens is 254 g/mol. The van der Waals surface area contributed by atoms with Crippen LogP contribution in [0.25, 0.3) is 0 Å². The summed E-state index contributed by atoms with van der Waals surface area (Å²) in [6.07, 6.45) is 3.84. The van der Waals surface area contributed by atoms with Crippen molar-refractivity contribution in [3.05, 3.63) is 28.2 Å². The summed E-state index contributed by atoms with van der Waals surface area (Å²) in [6.45, 7) is 0.756. The molecule has 0 spiro atoms. The zero-order chi connectivity index (χ0) is 10.7. The zero-order valence-corrected chi connectivity index (χ0v) is 9.96. The summed E-state index contributed by atoms with van der Waals surface area (Å²) >= 11 is 3.36. The number of benzene rings is 1. The van der Waals surface area contributed by atoms with Gasteiger partial charge >= 0.3 is 0 Å². The predicted molar refractivity (Wildman–Crippen MR) is 61.7 cm³/mol. The van der Waals surface area contributed by atoms with Crippen molar-refractivity contribution in [3.8, 4) is 11.8 Å². The molecule has 0 saturated heterocycles. The lowest BCUT2D eigenvalue weighted by molar-refractivity contribution is 0.302. The summed E-state index contributed by atoms with van der Waals surface area (Å²) in [5.74, 6) is 1.66. The average molecular weight is 266 g/mol. The van der Waals surface area contributed by atoms with Gasteiger partial charge in [0.2, 0.25) is 0 Å². The van der Waals surface area contributed by atoms with Gasteiger partial charge in [0.1, 0.15) is 5.75 Å². The van der Waals surface area contributed by atoms with Gasteiger partial charge in [-0.25, -0.2) is 0 Å². The molecule has 0 bridgehead atoms. The molecule has 0 aromatic heterocycles. The summed E-state index contributed by atoms with van der Waals surface area (Å²) in [7, 11) is 0. The second-order valence-electron chi connectivity index (χ2n) is 3.87. The summed E-state index contributed by atoms with van der Waals surface area (Å²) in [6, 6.07) is 7.57. The van der Waals surface area contributed by atoms with Crippen molar-refractivity contribution >= 4 is 15.9 Å². The minimum absolute atomic E-state index is 0.630. The van der Waals surface area contributed by atoms with Gasteiger partial charge in [0.15, 0.2) is 0 Å². The van der Waals surface area contributed by atoms with Gasteiger partial charge in [-0.3, -0.25) is 0 Å². The van der Waals surface area contributed by atoms with Crippen LogP contribution in [0.4, 0.5) is 0 Å². The Morgan fingerprint density at radius 2 is 2.20 bits per heavy atom. The molecule has 0 atom stereocenters. The highest BCUT2D eigenvalue weighted by Crippen LogP contribution is 2.32. The van der Waals surface area contributed by atoms with Gasteiger partial charge in [-0.1, -0.05) is 28.8 Å². The van der Waals surface area contributed by atoms with Gasteiger partial charge in [0.05, 0.1) is 18.2 Å². The Balaban J connectivity index is 1.94. The van der Waals surface area contributed by atoms with Crippen LogP contribution in [0.2, 0.25) is 0 Å². The third kappa shape index (κ3) is 3.24. The molecule has 1 aliphatic rings. The van der Waals surface area contributed by atoms with E-state index in [9.17, 15) is 0 Å². The number of rotatable bonds is 4. The van der Waals surface area contributed by atoms with E-state index >= 15 is 0 Å². The van der Waals surface area contributed by atoms with Gasteiger partial charge in [-0.05, 0) is 30.5 Å². The maximum Gasteiger partial charge on any atom is 0.121 e. The maximum absolute atomic E-state index is 8.78. The first-order chi connectivity index (χ1) is 7.28. The van der Waals surface area contributed by atoms with E-state index in [4.69, 9.17) is 10.00 Å². The molecule has 0 N–H and O–H groups in total. The fourth-order valence-electron chi connectivity index (χ4n) is 1.46. The van der Waals surface area contributed by atoms with Crippen LogP contribution >= 0.6 is 15.9 Å². The molecule has 0 unspecified atom stereocenters. The number of nitrogens with zero attached hydrogens (tertiary/aromatic N) is 1. The topological polar surface area (TPSA) is 33.0 Å². The highest BCUT2D eigenvalue weighted by molar-refractivity contribution is 9.10. The largest absolute Gasteiger partial charge is 0.494 e. The molecule has 1 aromatic rings. The lowest BCUT2D eigenvalue weighted by Gasteiger charge is -2.06. The van der Waals surface area contributed by atoms with Crippen molar-refractivity contribution < 1.29 is 4.74 Å².